The number of pyridine rings is 1. The van der Waals surface area contributed by atoms with Crippen molar-refractivity contribution in [3.05, 3.63) is 41.7 Å². The van der Waals surface area contributed by atoms with Crippen molar-refractivity contribution in [1.82, 2.24) is 9.88 Å². The molecule has 1 fully saturated rings. The molecular weight excluding hydrogens is 362 g/mol. The van der Waals surface area contributed by atoms with Crippen LogP contribution in [0.25, 0.3) is 16.3 Å². The lowest BCUT2D eigenvalue weighted by molar-refractivity contribution is -0.121. The molecule has 1 saturated carbocycles. The Balaban J connectivity index is 1.79. The molecule has 0 spiro atoms. The number of amides is 1. The standard InChI is InChI=1S/C23H31N5O/c1-15-9-17(19(12-24)13-25-2)10-18-11-22(26-14-21(15)18)27-23(29)16-5-7-20(8-6-16)28(3)4/h9-14,16,20H,5-8,24H2,1-4H3,(H,26,27,29). The van der Waals surface area contributed by atoms with Gasteiger partial charge in [0.15, 0.2) is 0 Å². The summed E-state index contributed by atoms with van der Waals surface area (Å²) in [6.45, 7) is 2.05. The molecule has 29 heavy (non-hydrogen) atoms. The first-order chi connectivity index (χ1) is 13.9. The van der Waals surface area contributed by atoms with Gasteiger partial charge in [-0.25, -0.2) is 4.98 Å². The number of anilines is 1. The first kappa shape index (κ1) is 21.0. The Bertz CT molecular complexity index is 940. The summed E-state index contributed by atoms with van der Waals surface area (Å²) < 4.78 is 0. The normalized spacial score (nSPS) is 20.5. The van der Waals surface area contributed by atoms with Crippen LogP contribution >= 0.6 is 0 Å². The molecule has 0 saturated heterocycles. The molecule has 6 heteroatoms. The van der Waals surface area contributed by atoms with E-state index in [0.29, 0.717) is 11.9 Å². The zero-order chi connectivity index (χ0) is 21.0. The number of hydrogen-bond donors (Lipinski definition) is 2. The smallest absolute Gasteiger partial charge is 0.228 e. The highest BCUT2D eigenvalue weighted by atomic mass is 16.1. The maximum Gasteiger partial charge on any atom is 0.228 e. The summed E-state index contributed by atoms with van der Waals surface area (Å²) in [4.78, 5) is 23.5. The van der Waals surface area contributed by atoms with Crippen LogP contribution in [0, 0.1) is 12.8 Å². The third-order valence-electron chi connectivity index (χ3n) is 5.87. The molecular formula is C23H31N5O. The van der Waals surface area contributed by atoms with Gasteiger partial charge in [0.25, 0.3) is 0 Å². The average molecular weight is 394 g/mol. The highest BCUT2D eigenvalue weighted by Crippen LogP contribution is 2.29. The minimum absolute atomic E-state index is 0.0595. The number of fused-ring (bicyclic) bond motifs is 1. The Hall–Kier alpha value is -2.73. The molecule has 0 atom stereocenters. The number of nitrogens with one attached hydrogen (secondary N) is 1. The van der Waals surface area contributed by atoms with Crippen molar-refractivity contribution >= 4 is 34.3 Å². The van der Waals surface area contributed by atoms with E-state index in [1.165, 1.54) is 0 Å². The molecule has 3 rings (SSSR count). The number of aromatic nitrogens is 1. The second-order valence-corrected chi connectivity index (χ2v) is 8.05. The third kappa shape index (κ3) is 4.82. The fourth-order valence-electron chi connectivity index (χ4n) is 4.11. The van der Waals surface area contributed by atoms with Gasteiger partial charge in [-0.15, -0.1) is 0 Å². The number of nitrogens with zero attached hydrogens (tertiary/aromatic N) is 3. The lowest BCUT2D eigenvalue weighted by Crippen LogP contribution is -2.35. The Morgan fingerprint density at radius 1 is 1.24 bits per heavy atom. The number of benzene rings is 1. The van der Waals surface area contributed by atoms with E-state index in [2.05, 4.69) is 46.4 Å². The molecule has 1 heterocycles. The molecule has 1 aliphatic rings. The molecule has 0 radical (unpaired) electrons. The van der Waals surface area contributed by atoms with E-state index >= 15 is 0 Å². The lowest BCUT2D eigenvalue weighted by Gasteiger charge is -2.31. The van der Waals surface area contributed by atoms with Gasteiger partial charge in [-0.2, -0.15) is 0 Å². The molecule has 3 N–H and O–H groups in total. The zero-order valence-corrected chi connectivity index (χ0v) is 17.8. The number of nitrogens with two attached hydrogens (primary N) is 1. The first-order valence-electron chi connectivity index (χ1n) is 10.1. The monoisotopic (exact) mass is 393 g/mol. The summed E-state index contributed by atoms with van der Waals surface area (Å²) in [6.07, 6.45) is 9.10. The van der Waals surface area contributed by atoms with Crippen molar-refractivity contribution in [3.63, 3.8) is 0 Å². The largest absolute Gasteiger partial charge is 0.404 e. The zero-order valence-electron chi connectivity index (χ0n) is 17.8. The maximum atomic E-state index is 12.7. The third-order valence-corrected chi connectivity index (χ3v) is 5.87. The van der Waals surface area contributed by atoms with Gasteiger partial charge in [0.05, 0.1) is 0 Å². The van der Waals surface area contributed by atoms with Crippen LogP contribution in [-0.4, -0.2) is 49.2 Å². The van der Waals surface area contributed by atoms with Crippen molar-refractivity contribution in [2.24, 2.45) is 16.6 Å². The molecule has 0 bridgehead atoms. The first-order valence-corrected chi connectivity index (χ1v) is 10.1. The number of allylic oxidation sites excluding steroid dienone is 1. The summed E-state index contributed by atoms with van der Waals surface area (Å²) in [5, 5.41) is 5.10. The molecule has 0 unspecified atom stereocenters. The van der Waals surface area contributed by atoms with Gasteiger partial charge in [-0.05, 0) is 75.3 Å². The quantitative estimate of drug-likeness (QED) is 0.760. The van der Waals surface area contributed by atoms with Gasteiger partial charge in [0, 0.05) is 48.6 Å². The van der Waals surface area contributed by atoms with Gasteiger partial charge in [-0.3, -0.25) is 9.79 Å². The van der Waals surface area contributed by atoms with Crippen LogP contribution in [0.1, 0.15) is 36.8 Å². The van der Waals surface area contributed by atoms with Crippen LogP contribution < -0.4 is 11.1 Å². The summed E-state index contributed by atoms with van der Waals surface area (Å²) in [5.41, 5.74) is 8.72. The Kier molecular flexibility index (Phi) is 6.64. The molecule has 1 aliphatic carbocycles. The molecule has 1 aromatic heterocycles. The van der Waals surface area contributed by atoms with Gasteiger partial charge in [0.1, 0.15) is 5.82 Å². The number of rotatable bonds is 5. The second kappa shape index (κ2) is 9.18. The van der Waals surface area contributed by atoms with E-state index < -0.39 is 0 Å². The lowest BCUT2D eigenvalue weighted by atomic mass is 9.85. The van der Waals surface area contributed by atoms with Crippen molar-refractivity contribution in [2.45, 2.75) is 38.6 Å². The van der Waals surface area contributed by atoms with Crippen molar-refractivity contribution in [1.29, 1.82) is 0 Å². The van der Waals surface area contributed by atoms with E-state index in [4.69, 9.17) is 5.73 Å². The summed E-state index contributed by atoms with van der Waals surface area (Å²) >= 11 is 0. The molecule has 6 nitrogen and oxygen atoms in total. The van der Waals surface area contributed by atoms with Crippen molar-refractivity contribution < 1.29 is 4.79 Å². The predicted octanol–water partition coefficient (Wildman–Crippen LogP) is 3.60. The molecule has 154 valence electrons. The van der Waals surface area contributed by atoms with E-state index in [1.807, 2.05) is 19.2 Å². The molecule has 1 amide bonds. The fourth-order valence-corrected chi connectivity index (χ4v) is 4.11. The number of hydrogen-bond acceptors (Lipinski definition) is 5. The molecule has 1 aromatic carbocycles. The highest BCUT2D eigenvalue weighted by Gasteiger charge is 2.27. The predicted molar refractivity (Wildman–Crippen MR) is 121 cm³/mol. The molecule has 0 aliphatic heterocycles. The van der Waals surface area contributed by atoms with Crippen LogP contribution in [0.2, 0.25) is 0 Å². The molecule has 2 aromatic rings. The second-order valence-electron chi connectivity index (χ2n) is 8.05. The van der Waals surface area contributed by atoms with E-state index in [-0.39, 0.29) is 11.8 Å². The Morgan fingerprint density at radius 2 is 1.97 bits per heavy atom. The number of carbonyl (C=O) groups is 1. The van der Waals surface area contributed by atoms with Gasteiger partial charge in [-0.1, -0.05) is 6.07 Å². The summed E-state index contributed by atoms with van der Waals surface area (Å²) in [5.74, 6) is 0.725. The van der Waals surface area contributed by atoms with Crippen LogP contribution in [0.15, 0.2) is 35.6 Å². The number of aryl methyl sites for hydroxylation is 1. The van der Waals surface area contributed by atoms with Gasteiger partial charge in [0.2, 0.25) is 5.91 Å². The average Bonchev–Trinajstić information content (AvgIpc) is 2.71. The fraction of sp³-hybridized carbons (Fsp3) is 0.435. The van der Waals surface area contributed by atoms with Crippen LogP contribution in [0.5, 0.6) is 0 Å². The maximum absolute atomic E-state index is 12.7. The summed E-state index contributed by atoms with van der Waals surface area (Å²) in [7, 11) is 5.94. The number of aliphatic imine (C=N–C) groups is 1. The van der Waals surface area contributed by atoms with Gasteiger partial charge >= 0.3 is 0 Å². The minimum atomic E-state index is 0.0595. The highest BCUT2D eigenvalue weighted by molar-refractivity contribution is 6.11. The Morgan fingerprint density at radius 3 is 2.59 bits per heavy atom. The Labute approximate surface area is 172 Å². The van der Waals surface area contributed by atoms with Crippen molar-refractivity contribution in [2.75, 3.05) is 26.5 Å². The van der Waals surface area contributed by atoms with Gasteiger partial charge < -0.3 is 16.0 Å². The SMILES string of the molecule is CN=CC(=CN)c1cc(C)c2cnc(NC(=O)C3CCC(N(C)C)CC3)cc2c1. The van der Waals surface area contributed by atoms with E-state index in [9.17, 15) is 4.79 Å². The summed E-state index contributed by atoms with van der Waals surface area (Å²) in [6, 6.07) is 6.65. The van der Waals surface area contributed by atoms with Crippen LogP contribution in [-0.2, 0) is 4.79 Å². The van der Waals surface area contributed by atoms with Crippen molar-refractivity contribution in [3.8, 4) is 0 Å². The van der Waals surface area contributed by atoms with Crippen LogP contribution in [0.3, 0.4) is 0 Å². The van der Waals surface area contributed by atoms with E-state index in [0.717, 1.165) is 53.2 Å². The van der Waals surface area contributed by atoms with Crippen LogP contribution in [0.4, 0.5) is 5.82 Å². The topological polar surface area (TPSA) is 83.6 Å². The minimum Gasteiger partial charge on any atom is -0.404 e. The number of carbonyl (C=O) groups excluding carboxylic acids is 1. The van der Waals surface area contributed by atoms with E-state index in [1.54, 1.807) is 19.5 Å².